The average molecular weight is 255 g/mol. The van der Waals surface area contributed by atoms with Gasteiger partial charge < -0.3 is 10.8 Å². The molecule has 3 nitrogen and oxygen atoms in total. The Kier molecular flexibility index (Phi) is 7.33. The Morgan fingerprint density at radius 2 is 1.94 bits per heavy atom. The van der Waals surface area contributed by atoms with Crippen molar-refractivity contribution in [3.05, 3.63) is 0 Å². The Balaban J connectivity index is 2.05. The molecule has 1 rings (SSSR count). The Bertz CT molecular complexity index is 237. The molecule has 0 aromatic heterocycles. The number of carbonyl (C=O) groups is 1. The summed E-state index contributed by atoms with van der Waals surface area (Å²) in [5.74, 6) is 0.533. The number of carboxylic acids is 1. The third-order valence-electron chi connectivity index (χ3n) is 4.43. The lowest BCUT2D eigenvalue weighted by molar-refractivity contribution is -0.141. The molecular weight excluding hydrogens is 226 g/mol. The van der Waals surface area contributed by atoms with Crippen LogP contribution in [0.25, 0.3) is 0 Å². The van der Waals surface area contributed by atoms with Crippen molar-refractivity contribution < 1.29 is 9.90 Å². The first-order chi connectivity index (χ1) is 8.63. The first-order valence-electron chi connectivity index (χ1n) is 7.56. The Labute approximate surface area is 111 Å². The topological polar surface area (TPSA) is 63.3 Å². The van der Waals surface area contributed by atoms with Gasteiger partial charge in [-0.3, -0.25) is 4.79 Å². The molecule has 0 saturated heterocycles. The van der Waals surface area contributed by atoms with Gasteiger partial charge in [-0.25, -0.2) is 0 Å². The Morgan fingerprint density at radius 1 is 1.28 bits per heavy atom. The zero-order valence-electron chi connectivity index (χ0n) is 11.7. The predicted molar refractivity (Wildman–Crippen MR) is 74.4 cm³/mol. The fourth-order valence-electron chi connectivity index (χ4n) is 3.03. The van der Waals surface area contributed by atoms with Crippen LogP contribution in [-0.2, 0) is 4.79 Å². The fourth-order valence-corrected chi connectivity index (χ4v) is 3.03. The van der Waals surface area contributed by atoms with Crippen molar-refractivity contribution in [3.63, 3.8) is 0 Å². The fraction of sp³-hybridized carbons (Fsp3) is 0.933. The molecule has 0 heterocycles. The molecule has 1 saturated carbocycles. The first-order valence-corrected chi connectivity index (χ1v) is 7.56. The maximum atomic E-state index is 10.9. The molecule has 0 aliphatic heterocycles. The molecule has 2 atom stereocenters. The van der Waals surface area contributed by atoms with E-state index in [1.165, 1.54) is 44.9 Å². The highest BCUT2D eigenvalue weighted by atomic mass is 16.4. The van der Waals surface area contributed by atoms with Gasteiger partial charge in [-0.15, -0.1) is 0 Å². The van der Waals surface area contributed by atoms with Crippen molar-refractivity contribution in [1.82, 2.24) is 0 Å². The summed E-state index contributed by atoms with van der Waals surface area (Å²) in [5.41, 5.74) is 5.46. The van der Waals surface area contributed by atoms with E-state index in [-0.39, 0.29) is 12.5 Å². The minimum absolute atomic E-state index is 0.268. The van der Waals surface area contributed by atoms with Gasteiger partial charge in [0.2, 0.25) is 0 Å². The number of rotatable bonds is 9. The summed E-state index contributed by atoms with van der Waals surface area (Å²) in [6.45, 7) is 2.51. The molecule has 1 aliphatic carbocycles. The van der Waals surface area contributed by atoms with E-state index in [0.29, 0.717) is 5.92 Å². The lowest BCUT2D eigenvalue weighted by Gasteiger charge is -2.15. The summed E-state index contributed by atoms with van der Waals surface area (Å²) >= 11 is 0. The SMILES string of the molecule is CC(CCCC1CCCC1)CC[C@H](CN)C(=O)O. The minimum Gasteiger partial charge on any atom is -0.481 e. The van der Waals surface area contributed by atoms with Gasteiger partial charge in [0.25, 0.3) is 0 Å². The van der Waals surface area contributed by atoms with Crippen LogP contribution < -0.4 is 5.73 Å². The van der Waals surface area contributed by atoms with Crippen molar-refractivity contribution in [3.8, 4) is 0 Å². The number of hydrogen-bond acceptors (Lipinski definition) is 2. The molecule has 1 unspecified atom stereocenters. The smallest absolute Gasteiger partial charge is 0.307 e. The lowest BCUT2D eigenvalue weighted by Crippen LogP contribution is -2.23. The summed E-state index contributed by atoms with van der Waals surface area (Å²) in [7, 11) is 0. The molecule has 0 aromatic rings. The molecule has 18 heavy (non-hydrogen) atoms. The monoisotopic (exact) mass is 255 g/mol. The van der Waals surface area contributed by atoms with Crippen molar-refractivity contribution in [1.29, 1.82) is 0 Å². The largest absolute Gasteiger partial charge is 0.481 e. The van der Waals surface area contributed by atoms with Crippen LogP contribution in [0.15, 0.2) is 0 Å². The molecule has 106 valence electrons. The quantitative estimate of drug-likeness (QED) is 0.663. The van der Waals surface area contributed by atoms with Crippen molar-refractivity contribution >= 4 is 5.97 Å². The second-order valence-electron chi connectivity index (χ2n) is 6.03. The summed E-state index contributed by atoms with van der Waals surface area (Å²) in [6, 6.07) is 0. The van der Waals surface area contributed by atoms with Crippen LogP contribution >= 0.6 is 0 Å². The van der Waals surface area contributed by atoms with Crippen LogP contribution in [0.4, 0.5) is 0 Å². The third kappa shape index (κ3) is 5.85. The molecule has 0 spiro atoms. The second kappa shape index (κ2) is 8.52. The molecule has 1 fully saturated rings. The van der Waals surface area contributed by atoms with Gasteiger partial charge in [0.15, 0.2) is 0 Å². The zero-order chi connectivity index (χ0) is 13.4. The maximum absolute atomic E-state index is 10.9. The van der Waals surface area contributed by atoms with E-state index < -0.39 is 5.97 Å². The Morgan fingerprint density at radius 3 is 2.50 bits per heavy atom. The van der Waals surface area contributed by atoms with Crippen LogP contribution in [0.3, 0.4) is 0 Å². The summed E-state index contributed by atoms with van der Waals surface area (Å²) in [6.07, 6.45) is 11.4. The van der Waals surface area contributed by atoms with Crippen LogP contribution in [0.2, 0.25) is 0 Å². The molecule has 0 radical (unpaired) electrons. The molecule has 3 N–H and O–H groups in total. The van der Waals surface area contributed by atoms with Crippen LogP contribution in [0, 0.1) is 17.8 Å². The molecule has 0 bridgehead atoms. The standard InChI is InChI=1S/C15H29NO2/c1-12(9-10-14(11-16)15(17)18)5-4-8-13-6-2-3-7-13/h12-14H,2-11,16H2,1H3,(H,17,18)/t12?,14-/m1/s1. The van der Waals surface area contributed by atoms with E-state index in [1.807, 2.05) is 0 Å². The minimum atomic E-state index is -0.740. The molecule has 0 aromatic carbocycles. The highest BCUT2D eigenvalue weighted by Gasteiger charge is 2.17. The van der Waals surface area contributed by atoms with Crippen LogP contribution in [0.1, 0.15) is 64.7 Å². The Hall–Kier alpha value is -0.570. The van der Waals surface area contributed by atoms with E-state index in [1.54, 1.807) is 0 Å². The van der Waals surface area contributed by atoms with Gasteiger partial charge in [0.1, 0.15) is 0 Å². The van der Waals surface area contributed by atoms with Crippen molar-refractivity contribution in [2.24, 2.45) is 23.5 Å². The zero-order valence-corrected chi connectivity index (χ0v) is 11.7. The van der Waals surface area contributed by atoms with Gasteiger partial charge in [-0.2, -0.15) is 0 Å². The van der Waals surface area contributed by atoms with Gasteiger partial charge in [-0.1, -0.05) is 51.9 Å². The maximum Gasteiger partial charge on any atom is 0.307 e. The molecule has 1 aliphatic rings. The van der Waals surface area contributed by atoms with E-state index in [4.69, 9.17) is 10.8 Å². The van der Waals surface area contributed by atoms with Crippen molar-refractivity contribution in [2.75, 3.05) is 6.54 Å². The predicted octanol–water partition coefficient (Wildman–Crippen LogP) is 3.42. The summed E-state index contributed by atoms with van der Waals surface area (Å²) in [5, 5.41) is 8.93. The van der Waals surface area contributed by atoms with Crippen LogP contribution in [-0.4, -0.2) is 17.6 Å². The average Bonchev–Trinajstić information content (AvgIpc) is 2.82. The molecule has 3 heteroatoms. The number of aliphatic carboxylic acids is 1. The number of carboxylic acid groups (broad SMARTS) is 1. The van der Waals surface area contributed by atoms with E-state index in [0.717, 1.165) is 18.8 Å². The normalized spacial score (nSPS) is 19.9. The third-order valence-corrected chi connectivity index (χ3v) is 4.43. The highest BCUT2D eigenvalue weighted by molar-refractivity contribution is 5.70. The van der Waals surface area contributed by atoms with Gasteiger partial charge in [-0.05, 0) is 24.7 Å². The number of hydrogen-bond donors (Lipinski definition) is 2. The van der Waals surface area contributed by atoms with Gasteiger partial charge in [0.05, 0.1) is 5.92 Å². The van der Waals surface area contributed by atoms with E-state index in [2.05, 4.69) is 6.92 Å². The van der Waals surface area contributed by atoms with Gasteiger partial charge in [0, 0.05) is 6.54 Å². The first kappa shape index (κ1) is 15.5. The lowest BCUT2D eigenvalue weighted by atomic mass is 9.91. The van der Waals surface area contributed by atoms with E-state index in [9.17, 15) is 4.79 Å². The summed E-state index contributed by atoms with van der Waals surface area (Å²) < 4.78 is 0. The van der Waals surface area contributed by atoms with E-state index >= 15 is 0 Å². The molecular formula is C15H29NO2. The summed E-state index contributed by atoms with van der Waals surface area (Å²) in [4.78, 5) is 10.9. The number of nitrogens with two attached hydrogens (primary N) is 1. The van der Waals surface area contributed by atoms with Crippen molar-refractivity contribution in [2.45, 2.75) is 64.7 Å². The second-order valence-corrected chi connectivity index (χ2v) is 6.03. The van der Waals surface area contributed by atoms with Crippen LogP contribution in [0.5, 0.6) is 0 Å². The molecule has 0 amide bonds. The van der Waals surface area contributed by atoms with Gasteiger partial charge >= 0.3 is 5.97 Å². The highest BCUT2D eigenvalue weighted by Crippen LogP contribution is 2.30.